The number of nitrogens with two attached hydrogens (primary N) is 1. The molecule has 5 rings (SSSR count). The molecule has 1 aromatic carbocycles. The van der Waals surface area contributed by atoms with Crippen LogP contribution in [0.5, 0.6) is 11.5 Å². The second-order valence-corrected chi connectivity index (χ2v) is 16.5. The molecule has 2 aromatic rings. The summed E-state index contributed by atoms with van der Waals surface area (Å²) >= 11 is 9.31. The number of aliphatic carboxylic acids is 3. The molecule has 1 saturated heterocycles. The third-order valence-corrected chi connectivity index (χ3v) is 12.5. The summed E-state index contributed by atoms with van der Waals surface area (Å²) in [5.41, 5.74) is 5.16. The van der Waals surface area contributed by atoms with E-state index in [4.69, 9.17) is 32.1 Å². The fourth-order valence-corrected chi connectivity index (χ4v) is 9.20. The topological polar surface area (TPSA) is 291 Å². The minimum atomic E-state index is -5.08. The standard InChI is InChI=1S/C31H32ClF3N6O10S3.C2HF3O2/c32-18-15(5-6-17(42)22(18)43)24(44)37-7-8-52-9-13-10-53-27-20(26(46)41(27)21(13)28(47)48)39-25(45)19(16-11-54-30(36)38-16)40-51-23(29(49)50)12-1-3-14(4-2-12)31(33,34)35;3-2(4,5)1(6)7/h5-6,11-12,14,20,23,27,42-43H,1-4,7-10H2,(H2,36,38)(H,37,44)(H,39,45)(H,47,48)(H,49,50);(H,6,7)/b40-19-;/t12?,14?,20-,23?,27-;/m1./s1. The van der Waals surface area contributed by atoms with Crippen molar-refractivity contribution in [1.29, 1.82) is 0 Å². The van der Waals surface area contributed by atoms with Crippen LogP contribution >= 0.6 is 46.5 Å². The summed E-state index contributed by atoms with van der Waals surface area (Å²) in [6, 6.07) is 1.13. The largest absolute Gasteiger partial charge is 0.504 e. The van der Waals surface area contributed by atoms with Crippen molar-refractivity contribution in [2.45, 2.75) is 55.6 Å². The van der Waals surface area contributed by atoms with E-state index in [0.717, 1.165) is 22.3 Å². The van der Waals surface area contributed by atoms with Crippen LogP contribution in [0.25, 0.3) is 0 Å². The highest BCUT2D eigenvalue weighted by Crippen LogP contribution is 2.42. The lowest BCUT2D eigenvalue weighted by atomic mass is 9.79. The molecule has 2 aliphatic heterocycles. The molecular formula is C33H33ClF6N6O12S3. The molecule has 3 aliphatic rings. The maximum atomic E-state index is 13.5. The molecule has 0 radical (unpaired) electrons. The number of alkyl halides is 6. The van der Waals surface area contributed by atoms with Gasteiger partial charge in [0.1, 0.15) is 22.8 Å². The molecule has 9 N–H and O–H groups in total. The maximum absolute atomic E-state index is 13.5. The molecule has 3 atom stereocenters. The van der Waals surface area contributed by atoms with E-state index in [2.05, 4.69) is 20.8 Å². The number of oxime groups is 1. The summed E-state index contributed by atoms with van der Waals surface area (Å²) in [7, 11) is 0. The number of rotatable bonds is 14. The molecule has 1 saturated carbocycles. The molecule has 28 heteroatoms. The van der Waals surface area contributed by atoms with Crippen LogP contribution in [0.15, 0.2) is 33.9 Å². The zero-order chi connectivity index (χ0) is 45.6. The molecule has 334 valence electrons. The highest BCUT2D eigenvalue weighted by Gasteiger charge is 2.54. The lowest BCUT2D eigenvalue weighted by molar-refractivity contribution is -0.192. The zero-order valence-electron chi connectivity index (χ0n) is 30.7. The quantitative estimate of drug-likeness (QED) is 0.0333. The lowest BCUT2D eigenvalue weighted by Crippen LogP contribution is -2.71. The number of β-lactam (4-membered cyclic amide) rings is 1. The number of amides is 3. The number of benzene rings is 1. The third-order valence-electron chi connectivity index (χ3n) is 9.07. The van der Waals surface area contributed by atoms with Gasteiger partial charge in [-0.2, -0.15) is 38.1 Å². The number of nitrogen functional groups attached to an aromatic ring is 1. The average Bonchev–Trinajstić information content (AvgIpc) is 3.61. The average molecular weight is 951 g/mol. The number of nitrogens with one attached hydrogen (secondary N) is 2. The first-order chi connectivity index (χ1) is 28.4. The van der Waals surface area contributed by atoms with E-state index >= 15 is 0 Å². The van der Waals surface area contributed by atoms with Crippen molar-refractivity contribution in [1.82, 2.24) is 20.5 Å². The fourth-order valence-electron chi connectivity index (χ4n) is 6.05. The summed E-state index contributed by atoms with van der Waals surface area (Å²) in [6.45, 7) is 0.133. The number of thiazole rings is 1. The smallest absolute Gasteiger partial charge is 0.490 e. The molecule has 2 fully saturated rings. The van der Waals surface area contributed by atoms with Crippen molar-refractivity contribution in [2.24, 2.45) is 17.0 Å². The SMILES string of the molecule is Nc1nc(/C(=N/OC(C(=O)O)C2CCC(C(F)(F)F)CC2)C(=O)N[C@@H]2C(=O)N3C(C(=O)O)=C(CSCCNC(=O)c4ccc(O)c(O)c4Cl)CS[C@H]23)cs1.O=C(O)C(F)(F)F. The van der Waals surface area contributed by atoms with Crippen LogP contribution in [0.3, 0.4) is 0 Å². The number of aromatic hydroxyl groups is 2. The number of hydrogen-bond acceptors (Lipinski definition) is 15. The second kappa shape index (κ2) is 20.1. The van der Waals surface area contributed by atoms with Gasteiger partial charge in [-0.25, -0.2) is 19.4 Å². The number of anilines is 1. The Morgan fingerprint density at radius 3 is 2.25 bits per heavy atom. The monoisotopic (exact) mass is 950 g/mol. The number of hydrogen-bond donors (Lipinski definition) is 8. The van der Waals surface area contributed by atoms with Gasteiger partial charge < -0.3 is 46.7 Å². The van der Waals surface area contributed by atoms with Crippen molar-refractivity contribution in [3.63, 3.8) is 0 Å². The number of fused-ring (bicyclic) bond motifs is 1. The number of phenolic OH excluding ortho intramolecular Hbond substituents is 2. The van der Waals surface area contributed by atoms with Crippen molar-refractivity contribution in [3.05, 3.63) is 45.1 Å². The van der Waals surface area contributed by atoms with Gasteiger partial charge in [-0.15, -0.1) is 23.1 Å². The lowest BCUT2D eigenvalue weighted by Gasteiger charge is -2.49. The van der Waals surface area contributed by atoms with Crippen LogP contribution in [0.1, 0.15) is 41.7 Å². The number of carbonyl (C=O) groups excluding carboxylic acids is 3. The van der Waals surface area contributed by atoms with E-state index in [1.165, 1.54) is 35.0 Å². The summed E-state index contributed by atoms with van der Waals surface area (Å²) in [5.74, 6) is -10.8. The van der Waals surface area contributed by atoms with Gasteiger partial charge in [-0.3, -0.25) is 19.3 Å². The Bertz CT molecular complexity index is 2100. The summed E-state index contributed by atoms with van der Waals surface area (Å²) in [4.78, 5) is 82.9. The number of carbonyl (C=O) groups is 6. The number of thioether (sulfide) groups is 2. The van der Waals surface area contributed by atoms with Gasteiger partial charge in [-0.1, -0.05) is 16.8 Å². The third kappa shape index (κ3) is 12.0. The van der Waals surface area contributed by atoms with Gasteiger partial charge in [-0.05, 0) is 43.4 Å². The maximum Gasteiger partial charge on any atom is 0.490 e. The number of carboxylic acid groups (broad SMARTS) is 3. The molecule has 0 spiro atoms. The van der Waals surface area contributed by atoms with Gasteiger partial charge in [0.25, 0.3) is 17.7 Å². The molecular weight excluding hydrogens is 918 g/mol. The molecule has 3 amide bonds. The number of nitrogens with zero attached hydrogens (tertiary/aromatic N) is 3. The van der Waals surface area contributed by atoms with Gasteiger partial charge in [0.05, 0.1) is 16.5 Å². The van der Waals surface area contributed by atoms with Crippen LogP contribution in [-0.4, -0.2) is 130 Å². The van der Waals surface area contributed by atoms with Gasteiger partial charge in [0.2, 0.25) is 6.10 Å². The van der Waals surface area contributed by atoms with E-state index < -0.39 is 94.5 Å². The molecule has 18 nitrogen and oxygen atoms in total. The van der Waals surface area contributed by atoms with E-state index in [1.807, 2.05) is 0 Å². The Kier molecular flexibility index (Phi) is 16.0. The highest BCUT2D eigenvalue weighted by molar-refractivity contribution is 8.01. The minimum Gasteiger partial charge on any atom is -0.504 e. The number of carboxylic acids is 3. The molecule has 3 heterocycles. The summed E-state index contributed by atoms with van der Waals surface area (Å²) in [5, 5.41) is 55.3. The first-order valence-corrected chi connectivity index (χ1v) is 20.7. The first-order valence-electron chi connectivity index (χ1n) is 17.3. The van der Waals surface area contributed by atoms with Crippen molar-refractivity contribution < 1.29 is 85.5 Å². The van der Waals surface area contributed by atoms with E-state index in [1.54, 1.807) is 0 Å². The molecule has 1 aliphatic carbocycles. The van der Waals surface area contributed by atoms with Crippen molar-refractivity contribution >= 4 is 92.9 Å². The van der Waals surface area contributed by atoms with Crippen LogP contribution in [0, 0.1) is 11.8 Å². The summed E-state index contributed by atoms with van der Waals surface area (Å²) in [6.07, 6.45) is -12.0. The molecule has 0 bridgehead atoms. The van der Waals surface area contributed by atoms with Crippen molar-refractivity contribution in [3.8, 4) is 11.5 Å². The number of phenols is 2. The van der Waals surface area contributed by atoms with Crippen LogP contribution in [0.2, 0.25) is 5.02 Å². The van der Waals surface area contributed by atoms with Crippen LogP contribution < -0.4 is 16.4 Å². The Hall–Kier alpha value is -5.15. The Morgan fingerprint density at radius 1 is 1.07 bits per heavy atom. The van der Waals surface area contributed by atoms with Crippen molar-refractivity contribution in [2.75, 3.05) is 29.5 Å². The van der Waals surface area contributed by atoms with E-state index in [9.17, 15) is 70.7 Å². The first kappa shape index (κ1) is 48.5. The fraction of sp³-hybridized carbons (Fsp3) is 0.455. The second-order valence-electron chi connectivity index (χ2n) is 13.1. The number of halogens is 7. The Morgan fingerprint density at radius 2 is 1.70 bits per heavy atom. The normalized spacial score (nSPS) is 20.9. The summed E-state index contributed by atoms with van der Waals surface area (Å²) < 4.78 is 71.2. The predicted octanol–water partition coefficient (Wildman–Crippen LogP) is 3.87. The molecule has 1 aromatic heterocycles. The van der Waals surface area contributed by atoms with Crippen LogP contribution in [0.4, 0.5) is 31.5 Å². The van der Waals surface area contributed by atoms with Gasteiger partial charge >= 0.3 is 30.3 Å². The zero-order valence-corrected chi connectivity index (χ0v) is 33.9. The number of aromatic nitrogens is 1. The molecule has 61 heavy (non-hydrogen) atoms. The van der Waals surface area contributed by atoms with E-state index in [0.29, 0.717) is 11.3 Å². The van der Waals surface area contributed by atoms with Gasteiger partial charge in [0.15, 0.2) is 22.3 Å². The van der Waals surface area contributed by atoms with E-state index in [-0.39, 0.29) is 70.8 Å². The predicted molar refractivity (Wildman–Crippen MR) is 205 cm³/mol. The highest BCUT2D eigenvalue weighted by atomic mass is 35.5. The minimum absolute atomic E-state index is 0.0190. The van der Waals surface area contributed by atoms with Crippen LogP contribution in [-0.2, 0) is 28.8 Å². The Labute approximate surface area is 356 Å². The molecule has 1 unspecified atom stereocenters. The van der Waals surface area contributed by atoms with Gasteiger partial charge in [0, 0.05) is 35.1 Å². The Balaban J connectivity index is 0.00000107.